The largest absolute Gasteiger partial charge is 0.493 e. The van der Waals surface area contributed by atoms with E-state index in [2.05, 4.69) is 10.6 Å². The SMILES string of the molecule is COc1cc(CCNC(=O)Nc2ccc3c(c2)OCCO3)cc(OC)c1OC. The van der Waals surface area contributed by atoms with Crippen molar-refractivity contribution in [2.24, 2.45) is 0 Å². The van der Waals surface area contributed by atoms with Crippen LogP contribution in [0.25, 0.3) is 0 Å². The number of methoxy groups -OCH3 is 3. The molecule has 0 saturated carbocycles. The molecule has 8 nitrogen and oxygen atoms in total. The van der Waals surface area contributed by atoms with Gasteiger partial charge in [0.1, 0.15) is 13.2 Å². The molecule has 2 N–H and O–H groups in total. The minimum absolute atomic E-state index is 0.302. The number of anilines is 1. The van der Waals surface area contributed by atoms with Crippen molar-refractivity contribution in [3.05, 3.63) is 35.9 Å². The molecule has 0 unspecified atom stereocenters. The minimum atomic E-state index is -0.302. The average Bonchev–Trinajstić information content (AvgIpc) is 2.72. The van der Waals surface area contributed by atoms with E-state index in [4.69, 9.17) is 23.7 Å². The number of ether oxygens (including phenoxy) is 5. The summed E-state index contributed by atoms with van der Waals surface area (Å²) in [5.41, 5.74) is 1.59. The van der Waals surface area contributed by atoms with Gasteiger partial charge in [0.2, 0.25) is 5.75 Å². The van der Waals surface area contributed by atoms with Crippen molar-refractivity contribution in [1.29, 1.82) is 0 Å². The molecule has 1 aliphatic rings. The molecule has 0 bridgehead atoms. The fourth-order valence-electron chi connectivity index (χ4n) is 2.90. The Hall–Kier alpha value is -3.29. The van der Waals surface area contributed by atoms with Crippen LogP contribution in [0.4, 0.5) is 10.5 Å². The maximum atomic E-state index is 12.2. The summed E-state index contributed by atoms with van der Waals surface area (Å²) >= 11 is 0. The zero-order chi connectivity index (χ0) is 19.9. The number of amides is 2. The molecule has 2 aromatic rings. The lowest BCUT2D eigenvalue weighted by Crippen LogP contribution is -2.30. The van der Waals surface area contributed by atoms with Crippen LogP contribution >= 0.6 is 0 Å². The summed E-state index contributed by atoms with van der Waals surface area (Å²) in [6.07, 6.45) is 0.602. The molecule has 0 saturated heterocycles. The predicted molar refractivity (Wildman–Crippen MR) is 104 cm³/mol. The highest BCUT2D eigenvalue weighted by molar-refractivity contribution is 5.89. The summed E-state index contributed by atoms with van der Waals surface area (Å²) in [5, 5.41) is 5.61. The van der Waals surface area contributed by atoms with E-state index in [1.807, 2.05) is 12.1 Å². The lowest BCUT2D eigenvalue weighted by molar-refractivity contribution is 0.171. The van der Waals surface area contributed by atoms with Crippen LogP contribution < -0.4 is 34.3 Å². The third kappa shape index (κ3) is 4.51. The van der Waals surface area contributed by atoms with Gasteiger partial charge in [0.15, 0.2) is 23.0 Å². The molecular formula is C20H24N2O6. The normalized spacial score (nSPS) is 12.1. The van der Waals surface area contributed by atoms with Gasteiger partial charge in [0, 0.05) is 18.3 Å². The molecule has 3 rings (SSSR count). The Kier molecular flexibility index (Phi) is 6.31. The highest BCUT2D eigenvalue weighted by Crippen LogP contribution is 2.38. The Morgan fingerprint density at radius 1 is 0.964 bits per heavy atom. The summed E-state index contributed by atoms with van der Waals surface area (Å²) < 4.78 is 27.0. The summed E-state index contributed by atoms with van der Waals surface area (Å²) in [6, 6.07) is 8.72. The monoisotopic (exact) mass is 388 g/mol. The first kappa shape index (κ1) is 19.5. The van der Waals surface area contributed by atoms with E-state index < -0.39 is 0 Å². The molecule has 0 spiro atoms. The van der Waals surface area contributed by atoms with Crippen molar-refractivity contribution in [2.45, 2.75) is 6.42 Å². The van der Waals surface area contributed by atoms with E-state index in [-0.39, 0.29) is 6.03 Å². The molecule has 150 valence electrons. The number of carbonyl (C=O) groups excluding carboxylic acids is 1. The molecule has 0 radical (unpaired) electrons. The smallest absolute Gasteiger partial charge is 0.319 e. The van der Waals surface area contributed by atoms with E-state index in [9.17, 15) is 4.79 Å². The molecule has 2 aromatic carbocycles. The van der Waals surface area contributed by atoms with Gasteiger partial charge in [0.25, 0.3) is 0 Å². The second kappa shape index (κ2) is 9.07. The zero-order valence-corrected chi connectivity index (χ0v) is 16.2. The van der Waals surface area contributed by atoms with Gasteiger partial charge in [-0.25, -0.2) is 4.79 Å². The molecule has 0 atom stereocenters. The molecule has 0 aliphatic carbocycles. The van der Waals surface area contributed by atoms with E-state index in [1.165, 1.54) is 0 Å². The maximum Gasteiger partial charge on any atom is 0.319 e. The second-order valence-electron chi connectivity index (χ2n) is 6.02. The lowest BCUT2D eigenvalue weighted by Gasteiger charge is -2.19. The first-order valence-corrected chi connectivity index (χ1v) is 8.88. The molecule has 1 aliphatic heterocycles. The number of fused-ring (bicyclic) bond motifs is 1. The van der Waals surface area contributed by atoms with E-state index >= 15 is 0 Å². The van der Waals surface area contributed by atoms with Crippen LogP contribution in [0.15, 0.2) is 30.3 Å². The number of hydrogen-bond donors (Lipinski definition) is 2. The molecule has 1 heterocycles. The third-order valence-electron chi connectivity index (χ3n) is 4.22. The lowest BCUT2D eigenvalue weighted by atomic mass is 10.1. The highest BCUT2D eigenvalue weighted by atomic mass is 16.6. The Morgan fingerprint density at radius 2 is 1.64 bits per heavy atom. The first-order chi connectivity index (χ1) is 13.6. The first-order valence-electron chi connectivity index (χ1n) is 8.88. The Bertz CT molecular complexity index is 814. The molecular weight excluding hydrogens is 364 g/mol. The molecule has 0 fully saturated rings. The van der Waals surface area contributed by atoms with Crippen LogP contribution in [0.5, 0.6) is 28.7 Å². The summed E-state index contributed by atoms with van der Waals surface area (Å²) in [6.45, 7) is 1.47. The Morgan fingerprint density at radius 3 is 2.29 bits per heavy atom. The highest BCUT2D eigenvalue weighted by Gasteiger charge is 2.14. The van der Waals surface area contributed by atoms with Crippen molar-refractivity contribution >= 4 is 11.7 Å². The summed E-state index contributed by atoms with van der Waals surface area (Å²) in [7, 11) is 4.70. The van der Waals surface area contributed by atoms with Gasteiger partial charge in [-0.2, -0.15) is 0 Å². The summed E-state index contributed by atoms with van der Waals surface area (Å²) in [5.74, 6) is 3.01. The van der Waals surface area contributed by atoms with Crippen molar-refractivity contribution in [2.75, 3.05) is 46.4 Å². The predicted octanol–water partition coefficient (Wildman–Crippen LogP) is 2.85. The Balaban J connectivity index is 1.55. The van der Waals surface area contributed by atoms with Gasteiger partial charge in [-0.05, 0) is 36.2 Å². The number of urea groups is 1. The Labute approximate surface area is 163 Å². The van der Waals surface area contributed by atoms with Crippen molar-refractivity contribution in [3.63, 3.8) is 0 Å². The summed E-state index contributed by atoms with van der Waals surface area (Å²) in [4.78, 5) is 12.2. The van der Waals surface area contributed by atoms with Crippen molar-refractivity contribution in [1.82, 2.24) is 5.32 Å². The fraction of sp³-hybridized carbons (Fsp3) is 0.350. The number of benzene rings is 2. The van der Waals surface area contributed by atoms with Crippen LogP contribution in [-0.4, -0.2) is 47.1 Å². The van der Waals surface area contributed by atoms with Crippen LogP contribution in [0, 0.1) is 0 Å². The number of rotatable bonds is 7. The topological polar surface area (TPSA) is 87.3 Å². The van der Waals surface area contributed by atoms with Gasteiger partial charge >= 0.3 is 6.03 Å². The van der Waals surface area contributed by atoms with Crippen LogP contribution in [0.3, 0.4) is 0 Å². The van der Waals surface area contributed by atoms with Gasteiger partial charge in [-0.15, -0.1) is 0 Å². The van der Waals surface area contributed by atoms with Gasteiger partial charge in [-0.1, -0.05) is 0 Å². The van der Waals surface area contributed by atoms with E-state index in [0.29, 0.717) is 60.6 Å². The number of carbonyl (C=O) groups is 1. The van der Waals surface area contributed by atoms with Crippen LogP contribution in [0.1, 0.15) is 5.56 Å². The van der Waals surface area contributed by atoms with E-state index in [0.717, 1.165) is 5.56 Å². The van der Waals surface area contributed by atoms with Gasteiger partial charge in [-0.3, -0.25) is 0 Å². The van der Waals surface area contributed by atoms with Crippen LogP contribution in [0.2, 0.25) is 0 Å². The number of hydrogen-bond acceptors (Lipinski definition) is 6. The number of nitrogens with one attached hydrogen (secondary N) is 2. The standard InChI is InChI=1S/C20H24N2O6/c1-24-17-10-13(11-18(25-2)19(17)26-3)6-7-21-20(23)22-14-4-5-15-16(12-14)28-9-8-27-15/h4-5,10-12H,6-9H2,1-3H3,(H2,21,22,23). The third-order valence-corrected chi connectivity index (χ3v) is 4.22. The molecule has 2 amide bonds. The molecule has 0 aromatic heterocycles. The maximum absolute atomic E-state index is 12.2. The second-order valence-corrected chi connectivity index (χ2v) is 6.02. The minimum Gasteiger partial charge on any atom is -0.493 e. The van der Waals surface area contributed by atoms with Gasteiger partial charge in [0.05, 0.1) is 21.3 Å². The van der Waals surface area contributed by atoms with Gasteiger partial charge < -0.3 is 34.3 Å². The average molecular weight is 388 g/mol. The molecule has 8 heteroatoms. The van der Waals surface area contributed by atoms with Crippen molar-refractivity contribution < 1.29 is 28.5 Å². The van der Waals surface area contributed by atoms with Crippen molar-refractivity contribution in [3.8, 4) is 28.7 Å². The van der Waals surface area contributed by atoms with Crippen LogP contribution in [-0.2, 0) is 6.42 Å². The zero-order valence-electron chi connectivity index (χ0n) is 16.2. The quantitative estimate of drug-likeness (QED) is 0.758. The van der Waals surface area contributed by atoms with E-state index in [1.54, 1.807) is 39.5 Å². The molecule has 28 heavy (non-hydrogen) atoms. The fourth-order valence-corrected chi connectivity index (χ4v) is 2.90.